The minimum absolute atomic E-state index is 0.0438. The molecule has 0 amide bonds. The van der Waals surface area contributed by atoms with E-state index in [-0.39, 0.29) is 28.0 Å². The van der Waals surface area contributed by atoms with Crippen LogP contribution in [0.15, 0.2) is 18.2 Å². The van der Waals surface area contributed by atoms with Crippen molar-refractivity contribution >= 4 is 46.5 Å². The van der Waals surface area contributed by atoms with E-state index in [1.807, 2.05) is 6.92 Å². The summed E-state index contributed by atoms with van der Waals surface area (Å²) in [5.41, 5.74) is 6.93. The van der Waals surface area contributed by atoms with Crippen LogP contribution in [0.2, 0.25) is 15.1 Å². The van der Waals surface area contributed by atoms with Crippen molar-refractivity contribution in [2.45, 2.75) is 19.8 Å². The van der Waals surface area contributed by atoms with Crippen molar-refractivity contribution in [2.75, 3.05) is 19.5 Å². The first kappa shape index (κ1) is 19.6. The largest absolute Gasteiger partial charge is 0.494 e. The number of ether oxygens (including phenoxy) is 2. The van der Waals surface area contributed by atoms with Crippen LogP contribution in [0.1, 0.15) is 30.3 Å². The number of methoxy groups -OCH3 is 1. The van der Waals surface area contributed by atoms with Gasteiger partial charge in [0.05, 0.1) is 40.2 Å². The Labute approximate surface area is 161 Å². The Hall–Kier alpha value is -1.69. The topological polar surface area (TPSA) is 74.4 Å². The van der Waals surface area contributed by atoms with Crippen LogP contribution >= 0.6 is 34.8 Å². The van der Waals surface area contributed by atoms with Crippen LogP contribution in [0.25, 0.3) is 11.3 Å². The predicted molar refractivity (Wildman–Crippen MR) is 101 cm³/mol. The molecule has 0 spiro atoms. The second kappa shape index (κ2) is 8.61. The summed E-state index contributed by atoms with van der Waals surface area (Å²) in [5.74, 6) is -0.327. The molecule has 0 atom stereocenters. The summed E-state index contributed by atoms with van der Waals surface area (Å²) >= 11 is 18.5. The van der Waals surface area contributed by atoms with Crippen molar-refractivity contribution in [3.05, 3.63) is 39.0 Å². The van der Waals surface area contributed by atoms with Crippen LogP contribution in [0.3, 0.4) is 0 Å². The maximum absolute atomic E-state index is 12.2. The van der Waals surface area contributed by atoms with Gasteiger partial charge < -0.3 is 15.2 Å². The zero-order valence-corrected chi connectivity index (χ0v) is 16.0. The van der Waals surface area contributed by atoms with Gasteiger partial charge in [-0.15, -0.1) is 0 Å². The minimum atomic E-state index is -0.635. The Bertz CT molecular complexity index is 797. The molecule has 2 rings (SSSR count). The highest BCUT2D eigenvalue weighted by molar-refractivity contribution is 6.39. The van der Waals surface area contributed by atoms with E-state index in [0.717, 1.165) is 12.8 Å². The summed E-state index contributed by atoms with van der Waals surface area (Å²) < 4.78 is 10.4. The molecule has 0 radical (unpaired) electrons. The lowest BCUT2D eigenvalue weighted by atomic mass is 10.1. The highest BCUT2D eigenvalue weighted by Gasteiger charge is 2.21. The molecule has 8 heteroatoms. The van der Waals surface area contributed by atoms with Crippen molar-refractivity contribution in [1.29, 1.82) is 0 Å². The molecule has 2 N–H and O–H groups in total. The van der Waals surface area contributed by atoms with Gasteiger partial charge in [0.2, 0.25) is 0 Å². The molecule has 0 aliphatic heterocycles. The third kappa shape index (κ3) is 4.29. The van der Waals surface area contributed by atoms with Crippen molar-refractivity contribution < 1.29 is 14.3 Å². The Morgan fingerprint density at radius 1 is 1.24 bits per heavy atom. The fraction of sp³-hybridized carbons (Fsp3) is 0.294. The van der Waals surface area contributed by atoms with Gasteiger partial charge in [-0.2, -0.15) is 0 Å². The number of rotatable bonds is 6. The van der Waals surface area contributed by atoms with Crippen LogP contribution in [-0.2, 0) is 4.74 Å². The third-order valence-electron chi connectivity index (χ3n) is 3.44. The van der Waals surface area contributed by atoms with E-state index in [2.05, 4.69) is 4.98 Å². The van der Waals surface area contributed by atoms with Gasteiger partial charge in [0.15, 0.2) is 11.4 Å². The molecule has 1 aromatic carbocycles. The number of halogens is 3. The first-order valence-corrected chi connectivity index (χ1v) is 8.69. The Balaban J connectivity index is 2.49. The van der Waals surface area contributed by atoms with Gasteiger partial charge in [-0.3, -0.25) is 0 Å². The van der Waals surface area contributed by atoms with E-state index in [9.17, 15) is 4.79 Å². The number of carbonyl (C=O) groups excluding carboxylic acids is 1. The van der Waals surface area contributed by atoms with Crippen LogP contribution < -0.4 is 10.5 Å². The zero-order chi connectivity index (χ0) is 18.6. The fourth-order valence-corrected chi connectivity index (χ4v) is 2.91. The molecule has 1 aromatic heterocycles. The molecule has 25 heavy (non-hydrogen) atoms. The fourth-order valence-electron chi connectivity index (χ4n) is 2.12. The average Bonchev–Trinajstić information content (AvgIpc) is 2.58. The number of anilines is 1. The molecule has 2 aromatic rings. The molecular weight excluding hydrogens is 387 g/mol. The van der Waals surface area contributed by atoms with Gasteiger partial charge in [-0.1, -0.05) is 48.1 Å². The van der Waals surface area contributed by atoms with Crippen molar-refractivity contribution in [3.63, 3.8) is 0 Å². The normalized spacial score (nSPS) is 10.6. The molecule has 134 valence electrons. The number of nitrogens with two attached hydrogens (primary N) is 1. The van der Waals surface area contributed by atoms with E-state index < -0.39 is 5.97 Å². The van der Waals surface area contributed by atoms with Crippen LogP contribution in [0.5, 0.6) is 5.75 Å². The summed E-state index contributed by atoms with van der Waals surface area (Å²) in [6, 6.07) is 4.81. The number of unbranched alkanes of at least 4 members (excludes halogenated alkanes) is 1. The first-order chi connectivity index (χ1) is 11.9. The number of nitrogen functional groups attached to an aromatic ring is 1. The molecule has 0 aliphatic carbocycles. The maximum atomic E-state index is 12.2. The highest BCUT2D eigenvalue weighted by atomic mass is 35.5. The average molecular weight is 404 g/mol. The summed E-state index contributed by atoms with van der Waals surface area (Å²) in [7, 11) is 1.46. The SMILES string of the molecule is CCCCOC(=O)c1nc(-c2ccc(Cl)c(OC)c2Cl)cc(N)c1Cl. The first-order valence-electron chi connectivity index (χ1n) is 7.56. The maximum Gasteiger partial charge on any atom is 0.358 e. The highest BCUT2D eigenvalue weighted by Crippen LogP contribution is 2.40. The van der Waals surface area contributed by atoms with Gasteiger partial charge >= 0.3 is 5.97 Å². The minimum Gasteiger partial charge on any atom is -0.494 e. The van der Waals surface area contributed by atoms with Crippen LogP contribution in [0, 0.1) is 0 Å². The summed E-state index contributed by atoms with van der Waals surface area (Å²) in [6.07, 6.45) is 1.65. The smallest absolute Gasteiger partial charge is 0.358 e. The lowest BCUT2D eigenvalue weighted by Crippen LogP contribution is -2.11. The van der Waals surface area contributed by atoms with E-state index in [4.69, 9.17) is 50.0 Å². The van der Waals surface area contributed by atoms with Gasteiger partial charge in [0, 0.05) is 5.56 Å². The summed E-state index contributed by atoms with van der Waals surface area (Å²) in [5, 5.41) is 0.661. The Morgan fingerprint density at radius 2 is 1.96 bits per heavy atom. The number of nitrogens with zero attached hydrogens (tertiary/aromatic N) is 1. The third-order valence-corrected chi connectivity index (χ3v) is 4.51. The van der Waals surface area contributed by atoms with Crippen molar-refractivity contribution in [2.24, 2.45) is 0 Å². The van der Waals surface area contributed by atoms with E-state index >= 15 is 0 Å². The number of pyridine rings is 1. The van der Waals surface area contributed by atoms with Gasteiger partial charge in [0.1, 0.15) is 0 Å². The van der Waals surface area contributed by atoms with E-state index in [0.29, 0.717) is 22.0 Å². The molecule has 0 saturated carbocycles. The second-order valence-corrected chi connectivity index (χ2v) is 6.35. The quantitative estimate of drug-likeness (QED) is 0.526. The lowest BCUT2D eigenvalue weighted by Gasteiger charge is -2.13. The van der Waals surface area contributed by atoms with Crippen LogP contribution in [0.4, 0.5) is 5.69 Å². The predicted octanol–water partition coefficient (Wildman–Crippen LogP) is 5.26. The molecular formula is C17H17Cl3N2O3. The van der Waals surface area contributed by atoms with Gasteiger partial charge in [-0.05, 0) is 24.6 Å². The number of aromatic nitrogens is 1. The van der Waals surface area contributed by atoms with Gasteiger partial charge in [-0.25, -0.2) is 9.78 Å². The van der Waals surface area contributed by atoms with Gasteiger partial charge in [0.25, 0.3) is 0 Å². The number of hydrogen-bond acceptors (Lipinski definition) is 5. The summed E-state index contributed by atoms with van der Waals surface area (Å²) in [4.78, 5) is 16.5. The van der Waals surface area contributed by atoms with Crippen molar-refractivity contribution in [3.8, 4) is 17.0 Å². The standard InChI is InChI=1S/C17H17Cl3N2O3/c1-3-4-7-25-17(23)15-14(20)11(21)8-12(22-15)9-5-6-10(18)16(24-2)13(9)19/h5-6,8H,3-4,7H2,1-2H3,(H2,21,22). The Morgan fingerprint density at radius 3 is 2.60 bits per heavy atom. The number of esters is 1. The van der Waals surface area contributed by atoms with E-state index in [1.54, 1.807) is 12.1 Å². The number of carbonyl (C=O) groups is 1. The second-order valence-electron chi connectivity index (χ2n) is 5.19. The molecule has 0 fully saturated rings. The molecule has 0 saturated heterocycles. The molecule has 5 nitrogen and oxygen atoms in total. The molecule has 0 unspecified atom stereocenters. The van der Waals surface area contributed by atoms with Crippen LogP contribution in [-0.4, -0.2) is 24.7 Å². The van der Waals surface area contributed by atoms with Crippen molar-refractivity contribution in [1.82, 2.24) is 4.98 Å². The Kier molecular flexibility index (Phi) is 6.76. The summed E-state index contributed by atoms with van der Waals surface area (Å²) in [6.45, 7) is 2.28. The number of benzene rings is 1. The molecule has 1 heterocycles. The lowest BCUT2D eigenvalue weighted by molar-refractivity contribution is 0.0493. The molecule has 0 bridgehead atoms. The number of hydrogen-bond donors (Lipinski definition) is 1. The monoisotopic (exact) mass is 402 g/mol. The van der Waals surface area contributed by atoms with E-state index in [1.165, 1.54) is 13.2 Å². The molecule has 0 aliphatic rings. The zero-order valence-electron chi connectivity index (χ0n) is 13.7.